The molecule has 0 atom stereocenters. The van der Waals surface area contributed by atoms with E-state index < -0.39 is 20.0 Å². The number of sulfonamides is 2. The van der Waals surface area contributed by atoms with Crippen LogP contribution in [0.4, 0.5) is 11.6 Å². The van der Waals surface area contributed by atoms with Crippen molar-refractivity contribution in [2.75, 3.05) is 8.61 Å². The van der Waals surface area contributed by atoms with Crippen molar-refractivity contribution in [3.8, 4) is 6.01 Å². The van der Waals surface area contributed by atoms with Crippen molar-refractivity contribution in [2.24, 2.45) is 0 Å². The van der Waals surface area contributed by atoms with Gasteiger partial charge in [0.05, 0.1) is 29.0 Å². The monoisotopic (exact) mass is 670 g/mol. The predicted molar refractivity (Wildman–Crippen MR) is 167 cm³/mol. The molecule has 4 heterocycles. The molecule has 2 aliphatic carbocycles. The summed E-state index contributed by atoms with van der Waals surface area (Å²) >= 11 is 5.68. The molecule has 2 saturated carbocycles. The molecule has 8 rings (SSSR count). The SMILES string of the molecule is O=S1(=O)c2ccccc2CN1c1ccnc(Cl)n1.O=S1(=O)c2ccccc2CN1c1ccnc(OC2CCC2)n1.OC1CCC1. The molecule has 4 aromatic rings. The minimum atomic E-state index is -3.55. The van der Waals surface area contributed by atoms with E-state index in [0.717, 1.165) is 43.2 Å². The summed E-state index contributed by atoms with van der Waals surface area (Å²) in [6.07, 6.45) is 9.67. The van der Waals surface area contributed by atoms with Gasteiger partial charge in [0.15, 0.2) is 0 Å². The van der Waals surface area contributed by atoms with E-state index in [2.05, 4.69) is 19.9 Å². The second-order valence-corrected chi connectivity index (χ2v) is 14.9. The lowest BCUT2D eigenvalue weighted by Crippen LogP contribution is -2.27. The second-order valence-electron chi connectivity index (χ2n) is 10.9. The van der Waals surface area contributed by atoms with Crippen molar-refractivity contribution in [1.82, 2.24) is 19.9 Å². The Bertz CT molecular complexity index is 1900. The lowest BCUT2D eigenvalue weighted by molar-refractivity contribution is 0.0950. The Labute approximate surface area is 266 Å². The molecule has 0 radical (unpaired) electrons. The van der Waals surface area contributed by atoms with Gasteiger partial charge in [-0.25, -0.2) is 35.4 Å². The van der Waals surface area contributed by atoms with E-state index in [1.165, 1.54) is 33.5 Å². The summed E-state index contributed by atoms with van der Waals surface area (Å²) < 4.78 is 58.0. The lowest BCUT2D eigenvalue weighted by Gasteiger charge is -2.25. The van der Waals surface area contributed by atoms with E-state index in [9.17, 15) is 16.8 Å². The molecule has 2 aliphatic heterocycles. The Hall–Kier alpha value is -3.85. The number of aliphatic hydroxyl groups excluding tert-OH is 1. The van der Waals surface area contributed by atoms with Gasteiger partial charge < -0.3 is 9.84 Å². The van der Waals surface area contributed by atoms with Crippen LogP contribution in [0.3, 0.4) is 0 Å². The van der Waals surface area contributed by atoms with Crippen LogP contribution in [0.25, 0.3) is 0 Å². The highest BCUT2D eigenvalue weighted by molar-refractivity contribution is 7.93. The molecule has 12 nitrogen and oxygen atoms in total. The van der Waals surface area contributed by atoms with Gasteiger partial charge in [-0.2, -0.15) is 9.97 Å². The molecule has 0 amide bonds. The van der Waals surface area contributed by atoms with Crippen LogP contribution in [0.5, 0.6) is 6.01 Å². The van der Waals surface area contributed by atoms with Crippen LogP contribution in [-0.2, 0) is 33.1 Å². The van der Waals surface area contributed by atoms with E-state index in [4.69, 9.17) is 21.4 Å². The van der Waals surface area contributed by atoms with Gasteiger partial charge in [-0.1, -0.05) is 36.4 Å². The average Bonchev–Trinajstić information content (AvgIpc) is 3.44. The minimum Gasteiger partial charge on any atom is -0.460 e. The third-order valence-corrected chi connectivity index (χ3v) is 11.7. The molecule has 1 N–H and O–H groups in total. The molecule has 0 saturated heterocycles. The van der Waals surface area contributed by atoms with Crippen molar-refractivity contribution in [3.05, 3.63) is 89.5 Å². The number of fused-ring (bicyclic) bond motifs is 2. The van der Waals surface area contributed by atoms with Gasteiger partial charge >= 0.3 is 6.01 Å². The zero-order valence-electron chi connectivity index (χ0n) is 24.1. The molecule has 2 aromatic heterocycles. The zero-order valence-corrected chi connectivity index (χ0v) is 26.5. The van der Waals surface area contributed by atoms with Crippen molar-refractivity contribution >= 4 is 43.3 Å². The summed E-state index contributed by atoms with van der Waals surface area (Å²) in [4.78, 5) is 16.7. The second kappa shape index (κ2) is 12.9. The van der Waals surface area contributed by atoms with Crippen LogP contribution in [0.2, 0.25) is 5.28 Å². The number of ether oxygens (including phenoxy) is 1. The van der Waals surface area contributed by atoms with E-state index in [1.807, 2.05) is 18.2 Å². The van der Waals surface area contributed by atoms with Gasteiger partial charge in [-0.15, -0.1) is 0 Å². The third-order valence-electron chi connectivity index (χ3n) is 7.85. The summed E-state index contributed by atoms with van der Waals surface area (Å²) in [5.41, 5.74) is 1.54. The van der Waals surface area contributed by atoms with Gasteiger partial charge in [0.1, 0.15) is 17.7 Å². The number of anilines is 2. The van der Waals surface area contributed by atoms with E-state index in [-0.39, 0.29) is 35.9 Å². The maximum absolute atomic E-state index is 12.6. The topological polar surface area (TPSA) is 156 Å². The standard InChI is InChI=1S/C15H15N3O3S.C11H8ClN3O2S.C4H8O/c19-22(20)13-7-2-1-4-11(13)10-18(22)14-8-9-16-15(17-14)21-12-5-3-6-12;12-11-13-6-5-10(14-11)15-7-8-3-1-2-4-9(8)18(15,16)17;5-4-2-1-3-4/h1-2,4,7-9,12H,3,5-6,10H2;1-6H,7H2;4-5H,1-3H2. The van der Waals surface area contributed by atoms with Crippen LogP contribution in [0.1, 0.15) is 49.7 Å². The third kappa shape index (κ3) is 6.59. The molecular formula is C30H31ClN6O6S2. The first kappa shape index (κ1) is 31.1. The molecule has 0 spiro atoms. The number of aromatic nitrogens is 4. The molecule has 236 valence electrons. The van der Waals surface area contributed by atoms with Gasteiger partial charge in [-0.3, -0.25) is 0 Å². The highest BCUT2D eigenvalue weighted by atomic mass is 35.5. The van der Waals surface area contributed by atoms with Crippen LogP contribution < -0.4 is 13.3 Å². The number of hydrogen-bond donors (Lipinski definition) is 1. The van der Waals surface area contributed by atoms with E-state index in [0.29, 0.717) is 22.2 Å². The summed E-state index contributed by atoms with van der Waals surface area (Å²) in [5.74, 6) is 0.631. The van der Waals surface area contributed by atoms with E-state index in [1.54, 1.807) is 36.4 Å². The van der Waals surface area contributed by atoms with Crippen LogP contribution in [-0.4, -0.2) is 54.1 Å². The largest absolute Gasteiger partial charge is 0.460 e. The Morgan fingerprint density at radius 3 is 1.64 bits per heavy atom. The number of rotatable bonds is 4. The van der Waals surface area contributed by atoms with E-state index >= 15 is 0 Å². The Kier molecular flexibility index (Phi) is 8.91. The normalized spacial score (nSPS) is 19.1. The summed E-state index contributed by atoms with van der Waals surface area (Å²) in [7, 11) is -7.08. The molecular weight excluding hydrogens is 640 g/mol. The summed E-state index contributed by atoms with van der Waals surface area (Å²) in [5, 5.41) is 8.47. The minimum absolute atomic E-state index is 0.0265. The lowest BCUT2D eigenvalue weighted by atomic mass is 9.96. The molecule has 2 aromatic carbocycles. The van der Waals surface area contributed by atoms with Crippen molar-refractivity contribution < 1.29 is 26.7 Å². The smallest absolute Gasteiger partial charge is 0.318 e. The van der Waals surface area contributed by atoms with Crippen LogP contribution in [0, 0.1) is 0 Å². The zero-order chi connectivity index (χ0) is 31.6. The van der Waals surface area contributed by atoms with Crippen molar-refractivity contribution in [2.45, 2.75) is 73.6 Å². The number of halogens is 1. The Balaban J connectivity index is 0.000000139. The quantitative estimate of drug-likeness (QED) is 0.307. The van der Waals surface area contributed by atoms with Gasteiger partial charge in [-0.05, 0) is 73.4 Å². The first-order valence-electron chi connectivity index (χ1n) is 14.5. The summed E-state index contributed by atoms with van der Waals surface area (Å²) in [6, 6.07) is 17.3. The summed E-state index contributed by atoms with van der Waals surface area (Å²) in [6.45, 7) is 0.560. The van der Waals surface area contributed by atoms with Crippen LogP contribution >= 0.6 is 11.6 Å². The number of nitrogens with zero attached hydrogens (tertiary/aromatic N) is 6. The molecule has 0 bridgehead atoms. The Morgan fingerprint density at radius 2 is 1.20 bits per heavy atom. The van der Waals surface area contributed by atoms with Gasteiger partial charge in [0.2, 0.25) is 5.28 Å². The molecule has 0 unspecified atom stereocenters. The predicted octanol–water partition coefficient (Wildman–Crippen LogP) is 4.49. The fourth-order valence-electron chi connectivity index (χ4n) is 4.91. The number of aliphatic hydroxyl groups is 1. The van der Waals surface area contributed by atoms with Crippen molar-refractivity contribution in [1.29, 1.82) is 0 Å². The van der Waals surface area contributed by atoms with Crippen molar-refractivity contribution in [3.63, 3.8) is 0 Å². The first-order chi connectivity index (χ1) is 21.6. The molecule has 15 heteroatoms. The fraction of sp³-hybridized carbons (Fsp3) is 0.333. The highest BCUT2D eigenvalue weighted by Gasteiger charge is 2.36. The fourth-order valence-corrected chi connectivity index (χ4v) is 8.27. The maximum atomic E-state index is 12.6. The van der Waals surface area contributed by atoms with Crippen LogP contribution in [0.15, 0.2) is 82.8 Å². The number of hydrogen-bond acceptors (Lipinski definition) is 10. The number of benzene rings is 2. The molecule has 4 aliphatic rings. The van der Waals surface area contributed by atoms with Gasteiger partial charge in [0.25, 0.3) is 20.0 Å². The maximum Gasteiger partial charge on any atom is 0.318 e. The Morgan fingerprint density at radius 1 is 0.711 bits per heavy atom. The highest BCUT2D eigenvalue weighted by Crippen LogP contribution is 2.35. The average molecular weight is 671 g/mol. The van der Waals surface area contributed by atoms with Gasteiger partial charge in [0, 0.05) is 24.5 Å². The molecule has 45 heavy (non-hydrogen) atoms. The first-order valence-corrected chi connectivity index (χ1v) is 17.8. The molecule has 2 fully saturated rings.